The number of thiazole rings is 1. The smallest absolute Gasteiger partial charge is 0.228 e. The highest BCUT2D eigenvalue weighted by atomic mass is 32.1. The molecule has 1 aliphatic rings. The number of carbonyl (C=O) groups excluding carboxylic acids is 1. The lowest BCUT2D eigenvalue weighted by atomic mass is 9.79. The van der Waals surface area contributed by atoms with Crippen LogP contribution in [0.5, 0.6) is 0 Å². The molecule has 154 valence electrons. The second-order valence-electron chi connectivity index (χ2n) is 7.92. The van der Waals surface area contributed by atoms with E-state index in [1.165, 1.54) is 32.1 Å². The van der Waals surface area contributed by atoms with Gasteiger partial charge in [-0.25, -0.2) is 4.98 Å². The molecule has 5 nitrogen and oxygen atoms in total. The van der Waals surface area contributed by atoms with E-state index >= 15 is 0 Å². The number of aryl methyl sites for hydroxylation is 1. The number of hydrogen-bond donors (Lipinski definition) is 1. The third-order valence-corrected chi connectivity index (χ3v) is 7.42. The normalized spacial score (nSPS) is 19.4. The summed E-state index contributed by atoms with van der Waals surface area (Å²) in [4.78, 5) is 18.8. The SMILES string of the molecule is CCCCC1CCC(C(=O)Nc2cc(C)nn2-c2nc(-c3cccs3)cs2)CC1. The quantitative estimate of drug-likeness (QED) is 0.480. The van der Waals surface area contributed by atoms with Crippen LogP contribution in [0.2, 0.25) is 0 Å². The van der Waals surface area contributed by atoms with Crippen LogP contribution in [0.1, 0.15) is 57.6 Å². The van der Waals surface area contributed by atoms with Crippen LogP contribution < -0.4 is 5.32 Å². The van der Waals surface area contributed by atoms with Crippen molar-refractivity contribution in [2.75, 3.05) is 5.32 Å². The van der Waals surface area contributed by atoms with Crippen molar-refractivity contribution in [1.29, 1.82) is 0 Å². The van der Waals surface area contributed by atoms with Crippen molar-refractivity contribution >= 4 is 34.4 Å². The van der Waals surface area contributed by atoms with Crippen molar-refractivity contribution in [3.05, 3.63) is 34.7 Å². The number of carbonyl (C=O) groups is 1. The van der Waals surface area contributed by atoms with Gasteiger partial charge in [0.2, 0.25) is 11.0 Å². The first-order valence-electron chi connectivity index (χ1n) is 10.5. The largest absolute Gasteiger partial charge is 0.310 e. The first-order chi connectivity index (χ1) is 14.1. The lowest BCUT2D eigenvalue weighted by Crippen LogP contribution is -2.28. The minimum absolute atomic E-state index is 0.106. The summed E-state index contributed by atoms with van der Waals surface area (Å²) >= 11 is 3.22. The molecule has 29 heavy (non-hydrogen) atoms. The average Bonchev–Trinajstić information content (AvgIpc) is 3.47. The highest BCUT2D eigenvalue weighted by molar-refractivity contribution is 7.15. The third-order valence-electron chi connectivity index (χ3n) is 5.71. The number of anilines is 1. The van der Waals surface area contributed by atoms with Crippen LogP contribution in [0.3, 0.4) is 0 Å². The van der Waals surface area contributed by atoms with Gasteiger partial charge in [-0.1, -0.05) is 32.3 Å². The number of nitrogens with one attached hydrogen (secondary N) is 1. The maximum absolute atomic E-state index is 12.9. The summed E-state index contributed by atoms with van der Waals surface area (Å²) in [6, 6.07) is 6.02. The number of rotatable bonds is 7. The average molecular weight is 429 g/mol. The summed E-state index contributed by atoms with van der Waals surface area (Å²) in [5.74, 6) is 1.75. The molecule has 3 heterocycles. The molecular formula is C22H28N4OS2. The van der Waals surface area contributed by atoms with Crippen molar-refractivity contribution in [3.8, 4) is 15.7 Å². The fourth-order valence-electron chi connectivity index (χ4n) is 4.07. The zero-order valence-electron chi connectivity index (χ0n) is 17.1. The zero-order chi connectivity index (χ0) is 20.2. The Kier molecular flexibility index (Phi) is 6.45. The minimum atomic E-state index is 0.106. The van der Waals surface area contributed by atoms with E-state index in [4.69, 9.17) is 4.98 Å². The number of thiophene rings is 1. The van der Waals surface area contributed by atoms with Gasteiger partial charge in [0, 0.05) is 17.4 Å². The molecule has 1 saturated carbocycles. The maximum atomic E-state index is 12.9. The second kappa shape index (κ2) is 9.22. The molecular weight excluding hydrogens is 400 g/mol. The molecule has 0 unspecified atom stereocenters. The summed E-state index contributed by atoms with van der Waals surface area (Å²) < 4.78 is 1.77. The molecule has 0 bridgehead atoms. The van der Waals surface area contributed by atoms with Crippen LogP contribution in [-0.4, -0.2) is 20.7 Å². The molecule has 0 radical (unpaired) electrons. The van der Waals surface area contributed by atoms with Gasteiger partial charge in [0.15, 0.2) is 0 Å². The fourth-order valence-corrected chi connectivity index (χ4v) is 5.62. The molecule has 1 fully saturated rings. The summed E-state index contributed by atoms with van der Waals surface area (Å²) in [5, 5.41) is 12.6. The molecule has 3 aromatic rings. The van der Waals surface area contributed by atoms with Gasteiger partial charge >= 0.3 is 0 Å². The molecule has 3 aromatic heterocycles. The van der Waals surface area contributed by atoms with Gasteiger partial charge in [-0.3, -0.25) is 4.79 Å². The van der Waals surface area contributed by atoms with Gasteiger partial charge in [-0.15, -0.1) is 22.7 Å². The van der Waals surface area contributed by atoms with Crippen LogP contribution in [0.4, 0.5) is 5.82 Å². The van der Waals surface area contributed by atoms with Gasteiger partial charge in [-0.05, 0) is 50.0 Å². The van der Waals surface area contributed by atoms with Crippen molar-refractivity contribution in [3.63, 3.8) is 0 Å². The van der Waals surface area contributed by atoms with Gasteiger partial charge in [0.1, 0.15) is 5.82 Å². The molecule has 0 spiro atoms. The van der Waals surface area contributed by atoms with Crippen LogP contribution in [0.25, 0.3) is 15.7 Å². The fraction of sp³-hybridized carbons (Fsp3) is 0.500. The van der Waals surface area contributed by atoms with E-state index in [1.807, 2.05) is 24.4 Å². The predicted molar refractivity (Wildman–Crippen MR) is 121 cm³/mol. The second-order valence-corrected chi connectivity index (χ2v) is 9.71. The summed E-state index contributed by atoms with van der Waals surface area (Å²) in [7, 11) is 0. The molecule has 0 aliphatic heterocycles. The number of hydrogen-bond acceptors (Lipinski definition) is 5. The molecule has 0 atom stereocenters. The lowest BCUT2D eigenvalue weighted by Gasteiger charge is -2.27. The maximum Gasteiger partial charge on any atom is 0.228 e. The van der Waals surface area contributed by atoms with E-state index in [0.717, 1.165) is 40.2 Å². The first-order valence-corrected chi connectivity index (χ1v) is 12.3. The zero-order valence-corrected chi connectivity index (χ0v) is 18.7. The Labute approximate surface area is 180 Å². The minimum Gasteiger partial charge on any atom is -0.310 e. The number of amides is 1. The molecule has 0 aromatic carbocycles. The van der Waals surface area contributed by atoms with Crippen molar-refractivity contribution in [1.82, 2.24) is 14.8 Å². The van der Waals surface area contributed by atoms with Crippen LogP contribution in [0.15, 0.2) is 29.0 Å². The summed E-state index contributed by atoms with van der Waals surface area (Å²) in [6.45, 7) is 4.19. The van der Waals surface area contributed by atoms with Crippen molar-refractivity contribution in [2.24, 2.45) is 11.8 Å². The van der Waals surface area contributed by atoms with Crippen LogP contribution in [0, 0.1) is 18.8 Å². The summed E-state index contributed by atoms with van der Waals surface area (Å²) in [6.07, 6.45) is 8.21. The van der Waals surface area contributed by atoms with E-state index < -0.39 is 0 Å². The van der Waals surface area contributed by atoms with Gasteiger partial charge in [0.25, 0.3) is 0 Å². The van der Waals surface area contributed by atoms with E-state index in [0.29, 0.717) is 5.82 Å². The molecule has 4 rings (SSSR count). The van der Waals surface area contributed by atoms with Gasteiger partial charge in [0.05, 0.1) is 16.3 Å². The Morgan fingerprint density at radius 3 is 2.83 bits per heavy atom. The molecule has 7 heteroatoms. The lowest BCUT2D eigenvalue weighted by molar-refractivity contribution is -0.121. The highest BCUT2D eigenvalue weighted by Crippen LogP contribution is 2.33. The van der Waals surface area contributed by atoms with Gasteiger partial charge < -0.3 is 5.32 Å². The Morgan fingerprint density at radius 1 is 1.28 bits per heavy atom. The first kappa shape index (κ1) is 20.3. The molecule has 1 aliphatic carbocycles. The van der Waals surface area contributed by atoms with E-state index in [2.05, 4.69) is 28.8 Å². The van der Waals surface area contributed by atoms with Crippen LogP contribution in [-0.2, 0) is 4.79 Å². The van der Waals surface area contributed by atoms with Gasteiger partial charge in [-0.2, -0.15) is 9.78 Å². The Hall–Kier alpha value is -1.99. The summed E-state index contributed by atoms with van der Waals surface area (Å²) in [5.41, 5.74) is 1.83. The number of nitrogens with zero attached hydrogens (tertiary/aromatic N) is 3. The van der Waals surface area contributed by atoms with E-state index in [9.17, 15) is 4.79 Å². The Balaban J connectivity index is 1.43. The highest BCUT2D eigenvalue weighted by Gasteiger charge is 2.27. The standard InChI is InChI=1S/C22H28N4OS2/c1-3-4-6-16-8-10-17(11-9-16)21(27)24-20-13-15(2)25-26(20)22-23-18(14-29-22)19-7-5-12-28-19/h5,7,12-14,16-17H,3-4,6,8-11H2,1-2H3,(H,24,27). The van der Waals surface area contributed by atoms with Crippen molar-refractivity contribution < 1.29 is 4.79 Å². The predicted octanol–water partition coefficient (Wildman–Crippen LogP) is 6.30. The Morgan fingerprint density at radius 2 is 2.10 bits per heavy atom. The number of unbranched alkanes of at least 4 members (excludes halogenated alkanes) is 1. The molecule has 1 amide bonds. The van der Waals surface area contributed by atoms with E-state index in [-0.39, 0.29) is 11.8 Å². The van der Waals surface area contributed by atoms with E-state index in [1.54, 1.807) is 27.4 Å². The third kappa shape index (κ3) is 4.78. The number of aromatic nitrogens is 3. The monoisotopic (exact) mass is 428 g/mol. The Bertz CT molecular complexity index is 936. The molecule has 1 N–H and O–H groups in total. The van der Waals surface area contributed by atoms with Crippen molar-refractivity contribution in [2.45, 2.75) is 58.8 Å². The topological polar surface area (TPSA) is 59.8 Å². The molecule has 0 saturated heterocycles. The van der Waals surface area contributed by atoms with Crippen LogP contribution >= 0.6 is 22.7 Å².